The zero-order valence-electron chi connectivity index (χ0n) is 11.9. The van der Waals surface area contributed by atoms with Gasteiger partial charge in [-0.05, 0) is 13.0 Å². The largest absolute Gasteiger partial charge is 0.389 e. The Morgan fingerprint density at radius 1 is 1.65 bits per heavy atom. The number of ether oxygens (including phenoxy) is 1. The van der Waals surface area contributed by atoms with Crippen LogP contribution in [-0.2, 0) is 4.74 Å². The van der Waals surface area contributed by atoms with Crippen molar-refractivity contribution < 1.29 is 14.6 Å². The molecule has 20 heavy (non-hydrogen) atoms. The minimum atomic E-state index is -0.734. The van der Waals surface area contributed by atoms with Gasteiger partial charge >= 0.3 is 0 Å². The van der Waals surface area contributed by atoms with Crippen LogP contribution in [0.1, 0.15) is 17.3 Å². The molecule has 112 valence electrons. The second-order valence-electron chi connectivity index (χ2n) is 4.37. The number of nitrogens with one attached hydrogen (secondary N) is 1. The molecule has 0 aliphatic heterocycles. The molecule has 1 aromatic heterocycles. The third-order valence-electron chi connectivity index (χ3n) is 2.63. The maximum absolute atomic E-state index is 12.3. The molecule has 1 heterocycles. The van der Waals surface area contributed by atoms with Crippen LogP contribution in [0.25, 0.3) is 0 Å². The van der Waals surface area contributed by atoms with E-state index >= 15 is 0 Å². The average Bonchev–Trinajstić information content (AvgIpc) is 2.40. The van der Waals surface area contributed by atoms with Crippen LogP contribution in [0, 0.1) is 0 Å². The van der Waals surface area contributed by atoms with E-state index in [4.69, 9.17) is 16.3 Å². The molecule has 2 N–H and O–H groups in total. The van der Waals surface area contributed by atoms with E-state index in [1.165, 1.54) is 18.2 Å². The second-order valence-corrected chi connectivity index (χ2v) is 4.78. The minimum Gasteiger partial charge on any atom is -0.389 e. The average molecular weight is 302 g/mol. The Balaban J connectivity index is 2.82. The summed E-state index contributed by atoms with van der Waals surface area (Å²) in [6.07, 6.45) is 0.703. The lowest BCUT2D eigenvalue weighted by molar-refractivity contribution is 0.0380. The van der Waals surface area contributed by atoms with Crippen molar-refractivity contribution in [3.05, 3.63) is 22.8 Å². The van der Waals surface area contributed by atoms with Crippen LogP contribution >= 0.6 is 11.6 Å². The SMILES string of the molecule is CCNc1cc(C(=O)N(C)CC(O)COC)c(Cl)cn1. The highest BCUT2D eigenvalue weighted by atomic mass is 35.5. The number of likely N-dealkylation sites (N-methyl/N-ethyl adjacent to an activating group) is 1. The lowest BCUT2D eigenvalue weighted by atomic mass is 10.2. The second kappa shape index (κ2) is 8.04. The van der Waals surface area contributed by atoms with Crippen LogP contribution in [0.5, 0.6) is 0 Å². The molecule has 0 spiro atoms. The molecule has 1 atom stereocenters. The van der Waals surface area contributed by atoms with Gasteiger partial charge in [0.25, 0.3) is 5.91 Å². The van der Waals surface area contributed by atoms with E-state index in [0.717, 1.165) is 0 Å². The summed E-state index contributed by atoms with van der Waals surface area (Å²) in [6.45, 7) is 2.97. The molecule has 1 aromatic rings. The van der Waals surface area contributed by atoms with Gasteiger partial charge in [0.1, 0.15) is 5.82 Å². The number of aliphatic hydroxyl groups excluding tert-OH is 1. The van der Waals surface area contributed by atoms with Crippen molar-refractivity contribution in [2.45, 2.75) is 13.0 Å². The summed E-state index contributed by atoms with van der Waals surface area (Å²) in [5.74, 6) is 0.317. The highest BCUT2D eigenvalue weighted by molar-refractivity contribution is 6.33. The summed E-state index contributed by atoms with van der Waals surface area (Å²) < 4.78 is 4.83. The highest BCUT2D eigenvalue weighted by Gasteiger charge is 2.18. The summed E-state index contributed by atoms with van der Waals surface area (Å²) in [4.78, 5) is 17.8. The molecular formula is C13H20ClN3O3. The van der Waals surface area contributed by atoms with E-state index < -0.39 is 6.10 Å². The standard InChI is InChI=1S/C13H20ClN3O3/c1-4-15-12-5-10(11(14)6-16-12)13(19)17(2)7-9(18)8-20-3/h5-6,9,18H,4,7-8H2,1-3H3,(H,15,16). The van der Waals surface area contributed by atoms with Crippen LogP contribution in [-0.4, -0.2) is 60.9 Å². The summed E-state index contributed by atoms with van der Waals surface area (Å²) in [6, 6.07) is 1.60. The molecule has 0 saturated carbocycles. The Bertz CT molecular complexity index is 456. The normalized spacial score (nSPS) is 12.1. The number of anilines is 1. The molecule has 7 heteroatoms. The quantitative estimate of drug-likeness (QED) is 0.793. The van der Waals surface area contributed by atoms with E-state index in [9.17, 15) is 9.90 Å². The van der Waals surface area contributed by atoms with Gasteiger partial charge in [0.2, 0.25) is 0 Å². The van der Waals surface area contributed by atoms with Crippen molar-refractivity contribution in [1.82, 2.24) is 9.88 Å². The number of amides is 1. The number of methoxy groups -OCH3 is 1. The fourth-order valence-electron chi connectivity index (χ4n) is 1.73. The van der Waals surface area contributed by atoms with Gasteiger partial charge in [0.05, 0.1) is 23.3 Å². The summed E-state index contributed by atoms with van der Waals surface area (Å²) in [5.41, 5.74) is 0.352. The lowest BCUT2D eigenvalue weighted by Gasteiger charge is -2.21. The topological polar surface area (TPSA) is 74.7 Å². The molecule has 1 amide bonds. The third-order valence-corrected chi connectivity index (χ3v) is 2.94. The summed E-state index contributed by atoms with van der Waals surface area (Å²) >= 11 is 6.01. The molecule has 0 saturated heterocycles. The predicted octanol–water partition coefficient (Wildman–Crippen LogP) is 1.25. The van der Waals surface area contributed by atoms with Crippen molar-refractivity contribution in [3.8, 4) is 0 Å². The van der Waals surface area contributed by atoms with E-state index in [-0.39, 0.29) is 24.1 Å². The third kappa shape index (κ3) is 4.63. The minimum absolute atomic E-state index is 0.169. The number of aliphatic hydroxyl groups is 1. The first-order valence-electron chi connectivity index (χ1n) is 6.31. The molecule has 0 fully saturated rings. The van der Waals surface area contributed by atoms with E-state index in [1.807, 2.05) is 6.92 Å². The fraction of sp³-hybridized carbons (Fsp3) is 0.538. The Labute approximate surface area is 123 Å². The number of hydrogen-bond donors (Lipinski definition) is 2. The van der Waals surface area contributed by atoms with Crippen molar-refractivity contribution in [2.75, 3.05) is 39.2 Å². The first-order valence-corrected chi connectivity index (χ1v) is 6.69. The van der Waals surface area contributed by atoms with E-state index in [1.54, 1.807) is 13.1 Å². The van der Waals surface area contributed by atoms with Gasteiger partial charge < -0.3 is 20.1 Å². The van der Waals surface area contributed by atoms with E-state index in [0.29, 0.717) is 17.9 Å². The highest BCUT2D eigenvalue weighted by Crippen LogP contribution is 2.19. The number of nitrogens with zero attached hydrogens (tertiary/aromatic N) is 2. The molecule has 0 bridgehead atoms. The van der Waals surface area contributed by atoms with Crippen LogP contribution in [0.2, 0.25) is 5.02 Å². The van der Waals surface area contributed by atoms with Gasteiger partial charge in [0.15, 0.2) is 0 Å². The number of pyridine rings is 1. The van der Waals surface area contributed by atoms with Crippen LogP contribution < -0.4 is 5.32 Å². The van der Waals surface area contributed by atoms with Crippen molar-refractivity contribution in [1.29, 1.82) is 0 Å². The molecule has 0 aromatic carbocycles. The Morgan fingerprint density at radius 3 is 2.95 bits per heavy atom. The van der Waals surface area contributed by atoms with Gasteiger partial charge in [-0.1, -0.05) is 11.6 Å². The van der Waals surface area contributed by atoms with Gasteiger partial charge in [-0.25, -0.2) is 4.98 Å². The van der Waals surface area contributed by atoms with Gasteiger partial charge in [-0.15, -0.1) is 0 Å². The first-order chi connectivity index (χ1) is 9.49. The Hall–Kier alpha value is -1.37. The fourth-order valence-corrected chi connectivity index (χ4v) is 1.91. The van der Waals surface area contributed by atoms with E-state index in [2.05, 4.69) is 10.3 Å². The zero-order chi connectivity index (χ0) is 15.1. The van der Waals surface area contributed by atoms with Crippen LogP contribution in [0.3, 0.4) is 0 Å². The lowest BCUT2D eigenvalue weighted by Crippen LogP contribution is -2.36. The van der Waals surface area contributed by atoms with Gasteiger partial charge in [0, 0.05) is 33.4 Å². The molecule has 0 radical (unpaired) electrons. The monoisotopic (exact) mass is 301 g/mol. The number of aromatic nitrogens is 1. The maximum atomic E-state index is 12.3. The molecular weight excluding hydrogens is 282 g/mol. The first kappa shape index (κ1) is 16.7. The van der Waals surface area contributed by atoms with Crippen LogP contribution in [0.4, 0.5) is 5.82 Å². The number of carbonyl (C=O) groups excluding carboxylic acids is 1. The van der Waals surface area contributed by atoms with Gasteiger partial charge in [-0.3, -0.25) is 4.79 Å². The van der Waals surface area contributed by atoms with Crippen molar-refractivity contribution in [2.24, 2.45) is 0 Å². The van der Waals surface area contributed by atoms with Crippen molar-refractivity contribution >= 4 is 23.3 Å². The van der Waals surface area contributed by atoms with Crippen LogP contribution in [0.15, 0.2) is 12.3 Å². The molecule has 6 nitrogen and oxygen atoms in total. The zero-order valence-corrected chi connectivity index (χ0v) is 12.6. The number of carbonyl (C=O) groups is 1. The van der Waals surface area contributed by atoms with Gasteiger partial charge in [-0.2, -0.15) is 0 Å². The number of rotatable bonds is 7. The number of halogens is 1. The Morgan fingerprint density at radius 2 is 2.35 bits per heavy atom. The molecule has 1 unspecified atom stereocenters. The molecule has 0 aliphatic rings. The Kier molecular flexibility index (Phi) is 6.70. The van der Waals surface area contributed by atoms with Crippen molar-refractivity contribution in [3.63, 3.8) is 0 Å². The summed E-state index contributed by atoms with van der Waals surface area (Å²) in [7, 11) is 3.10. The molecule has 0 aliphatic carbocycles. The summed E-state index contributed by atoms with van der Waals surface area (Å²) in [5, 5.41) is 12.9. The maximum Gasteiger partial charge on any atom is 0.255 e. The predicted molar refractivity (Wildman–Crippen MR) is 78.3 cm³/mol. The number of hydrogen-bond acceptors (Lipinski definition) is 5. The molecule has 1 rings (SSSR count). The smallest absolute Gasteiger partial charge is 0.255 e.